The fourth-order valence-corrected chi connectivity index (χ4v) is 3.93. The number of nitrogens with zero attached hydrogens (tertiary/aromatic N) is 1. The van der Waals surface area contributed by atoms with Gasteiger partial charge in [0.25, 0.3) is 0 Å². The molecule has 1 atom stereocenters. The first-order valence-electron chi connectivity index (χ1n) is 5.55. The highest BCUT2D eigenvalue weighted by Gasteiger charge is 2.28. The number of aromatic amines is 1. The highest BCUT2D eigenvalue weighted by atomic mass is 35.5. The third kappa shape index (κ3) is 2.33. The molecule has 0 spiro atoms. The Kier molecular flexibility index (Phi) is 3.43. The maximum Gasteiger partial charge on any atom is 0.235 e. The predicted octanol–water partition coefficient (Wildman–Crippen LogP) is 3.49. The summed E-state index contributed by atoms with van der Waals surface area (Å²) in [6.07, 6.45) is 1.69. The van der Waals surface area contributed by atoms with Crippen LogP contribution in [0.1, 0.15) is 16.4 Å². The van der Waals surface area contributed by atoms with Crippen LogP contribution >= 0.6 is 35.0 Å². The number of hydrogen-bond acceptors (Lipinski definition) is 3. The van der Waals surface area contributed by atoms with Crippen molar-refractivity contribution in [2.24, 2.45) is 0 Å². The summed E-state index contributed by atoms with van der Waals surface area (Å²) >= 11 is 14.0. The van der Waals surface area contributed by atoms with Crippen LogP contribution in [0.25, 0.3) is 0 Å². The molecule has 0 bridgehead atoms. The van der Waals surface area contributed by atoms with Crippen LogP contribution in [0, 0.1) is 0 Å². The maximum atomic E-state index is 11.6. The van der Waals surface area contributed by atoms with E-state index in [9.17, 15) is 4.79 Å². The number of anilines is 1. The molecule has 3 rings (SSSR count). The zero-order valence-electron chi connectivity index (χ0n) is 9.61. The minimum atomic E-state index is -0.117. The molecule has 7 heteroatoms. The number of amides is 1. The monoisotopic (exact) mass is 313 g/mol. The minimum Gasteiger partial charge on any atom is -0.310 e. The molecule has 1 aliphatic heterocycles. The standard InChI is InChI=1S/C12H9Cl2N3OS/c13-7-2-1-3-8(14)10(7)11-6-4-15-17-12(6)16-9(18)5-19-11/h1-4,11H,5H2,(H2,15,16,17,18). The molecule has 1 unspecified atom stereocenters. The number of thioether (sulfide) groups is 1. The van der Waals surface area contributed by atoms with Crippen LogP contribution < -0.4 is 5.32 Å². The molecule has 0 radical (unpaired) electrons. The summed E-state index contributed by atoms with van der Waals surface area (Å²) in [5, 5.41) is 10.6. The van der Waals surface area contributed by atoms with Gasteiger partial charge in [0, 0.05) is 21.2 Å². The van der Waals surface area contributed by atoms with Gasteiger partial charge >= 0.3 is 0 Å². The van der Waals surface area contributed by atoms with E-state index in [1.54, 1.807) is 24.4 Å². The van der Waals surface area contributed by atoms with Gasteiger partial charge in [0.15, 0.2) is 0 Å². The van der Waals surface area contributed by atoms with Gasteiger partial charge < -0.3 is 5.32 Å². The lowest BCUT2D eigenvalue weighted by atomic mass is 10.1. The van der Waals surface area contributed by atoms with Crippen molar-refractivity contribution in [2.75, 3.05) is 11.1 Å². The molecule has 1 amide bonds. The van der Waals surface area contributed by atoms with Crippen molar-refractivity contribution in [3.05, 3.63) is 45.6 Å². The molecule has 2 aromatic rings. The van der Waals surface area contributed by atoms with Crippen molar-refractivity contribution in [3.8, 4) is 0 Å². The Balaban J connectivity index is 2.13. The molecule has 0 fully saturated rings. The average molecular weight is 314 g/mol. The van der Waals surface area contributed by atoms with E-state index in [1.807, 2.05) is 0 Å². The van der Waals surface area contributed by atoms with Gasteiger partial charge in [-0.25, -0.2) is 0 Å². The fraction of sp³-hybridized carbons (Fsp3) is 0.167. The number of nitrogens with one attached hydrogen (secondary N) is 2. The van der Waals surface area contributed by atoms with E-state index < -0.39 is 0 Å². The van der Waals surface area contributed by atoms with Gasteiger partial charge in [-0.1, -0.05) is 29.3 Å². The second kappa shape index (κ2) is 5.07. The number of aromatic nitrogens is 2. The van der Waals surface area contributed by atoms with Crippen LogP contribution in [0.2, 0.25) is 10.0 Å². The van der Waals surface area contributed by atoms with E-state index in [0.29, 0.717) is 21.6 Å². The molecule has 2 N–H and O–H groups in total. The highest BCUT2D eigenvalue weighted by molar-refractivity contribution is 8.00. The van der Waals surface area contributed by atoms with Crippen LogP contribution in [0.4, 0.5) is 5.82 Å². The van der Waals surface area contributed by atoms with Gasteiger partial charge in [0.05, 0.1) is 17.2 Å². The normalized spacial score (nSPS) is 18.6. The van der Waals surface area contributed by atoms with Crippen molar-refractivity contribution in [1.29, 1.82) is 0 Å². The predicted molar refractivity (Wildman–Crippen MR) is 78.0 cm³/mol. The average Bonchev–Trinajstić information content (AvgIpc) is 2.75. The molecule has 1 aromatic heterocycles. The molecule has 0 saturated carbocycles. The van der Waals surface area contributed by atoms with Crippen molar-refractivity contribution in [1.82, 2.24) is 10.2 Å². The largest absolute Gasteiger partial charge is 0.310 e. The molecule has 0 aliphatic carbocycles. The number of carbonyl (C=O) groups is 1. The molecule has 19 heavy (non-hydrogen) atoms. The van der Waals surface area contributed by atoms with Gasteiger partial charge in [-0.2, -0.15) is 5.10 Å². The lowest BCUT2D eigenvalue weighted by molar-refractivity contribution is -0.113. The molecule has 1 aliphatic rings. The highest BCUT2D eigenvalue weighted by Crippen LogP contribution is 2.45. The Hall–Kier alpha value is -1.17. The first-order chi connectivity index (χ1) is 9.16. The molecule has 0 saturated heterocycles. The SMILES string of the molecule is O=C1CSC(c2c(Cl)cccc2Cl)c2cn[nH]c2N1. The van der Waals surface area contributed by atoms with Gasteiger partial charge in [-0.15, -0.1) is 11.8 Å². The summed E-state index contributed by atoms with van der Waals surface area (Å²) in [5.74, 6) is 0.881. The Morgan fingerprint density at radius 3 is 2.79 bits per heavy atom. The molecule has 4 nitrogen and oxygen atoms in total. The van der Waals surface area contributed by atoms with Gasteiger partial charge in [0.2, 0.25) is 5.91 Å². The van der Waals surface area contributed by atoms with Gasteiger partial charge in [0.1, 0.15) is 5.82 Å². The Morgan fingerprint density at radius 2 is 2.05 bits per heavy atom. The van der Waals surface area contributed by atoms with Gasteiger partial charge in [-0.3, -0.25) is 9.89 Å². The van der Waals surface area contributed by atoms with Crippen molar-refractivity contribution in [2.45, 2.75) is 5.25 Å². The van der Waals surface area contributed by atoms with Crippen molar-refractivity contribution >= 4 is 46.7 Å². The number of hydrogen-bond donors (Lipinski definition) is 2. The number of carbonyl (C=O) groups excluding carboxylic acids is 1. The summed E-state index contributed by atoms with van der Waals surface area (Å²) in [7, 11) is 0. The third-order valence-corrected chi connectivity index (χ3v) is 4.77. The lowest BCUT2D eigenvalue weighted by Gasteiger charge is -2.16. The van der Waals surface area contributed by atoms with E-state index in [-0.39, 0.29) is 11.2 Å². The first-order valence-corrected chi connectivity index (χ1v) is 7.36. The third-order valence-electron chi connectivity index (χ3n) is 2.86. The minimum absolute atomic E-state index is 0.0684. The van der Waals surface area contributed by atoms with E-state index in [2.05, 4.69) is 15.5 Å². The quantitative estimate of drug-likeness (QED) is 0.847. The topological polar surface area (TPSA) is 57.8 Å². The van der Waals surface area contributed by atoms with Crippen LogP contribution in [0.15, 0.2) is 24.4 Å². The Labute approximate surface area is 123 Å². The first kappa shape index (κ1) is 12.8. The number of benzene rings is 1. The van der Waals surface area contributed by atoms with Crippen LogP contribution in [-0.2, 0) is 4.79 Å². The molecule has 1 aromatic carbocycles. The summed E-state index contributed by atoms with van der Waals surface area (Å²) in [6.45, 7) is 0. The molecular weight excluding hydrogens is 305 g/mol. The van der Waals surface area contributed by atoms with E-state index >= 15 is 0 Å². The second-order valence-electron chi connectivity index (χ2n) is 4.07. The van der Waals surface area contributed by atoms with Crippen molar-refractivity contribution < 1.29 is 4.79 Å². The Bertz CT molecular complexity index is 623. The summed E-state index contributed by atoms with van der Waals surface area (Å²) in [5.41, 5.74) is 1.70. The van der Waals surface area contributed by atoms with Gasteiger partial charge in [-0.05, 0) is 12.1 Å². The summed E-state index contributed by atoms with van der Waals surface area (Å²) < 4.78 is 0. The maximum absolute atomic E-state index is 11.6. The fourth-order valence-electron chi connectivity index (χ4n) is 2.02. The second-order valence-corrected chi connectivity index (χ2v) is 5.98. The van der Waals surface area contributed by atoms with E-state index in [4.69, 9.17) is 23.2 Å². The van der Waals surface area contributed by atoms with E-state index in [0.717, 1.165) is 11.1 Å². The number of halogens is 2. The zero-order valence-corrected chi connectivity index (χ0v) is 11.9. The molecule has 2 heterocycles. The summed E-state index contributed by atoms with van der Waals surface area (Å²) in [6, 6.07) is 5.39. The zero-order chi connectivity index (χ0) is 13.4. The van der Waals surface area contributed by atoms with E-state index in [1.165, 1.54) is 11.8 Å². The number of fused-ring (bicyclic) bond motifs is 1. The van der Waals surface area contributed by atoms with Crippen LogP contribution in [-0.4, -0.2) is 21.9 Å². The molecule has 98 valence electrons. The smallest absolute Gasteiger partial charge is 0.235 e. The Morgan fingerprint density at radius 1 is 1.32 bits per heavy atom. The van der Waals surface area contributed by atoms with Crippen LogP contribution in [0.3, 0.4) is 0 Å². The molecular formula is C12H9Cl2N3OS. The summed E-state index contributed by atoms with van der Waals surface area (Å²) in [4.78, 5) is 11.6. The van der Waals surface area contributed by atoms with Crippen LogP contribution in [0.5, 0.6) is 0 Å². The van der Waals surface area contributed by atoms with Crippen molar-refractivity contribution in [3.63, 3.8) is 0 Å². The number of rotatable bonds is 1. The lowest BCUT2D eigenvalue weighted by Crippen LogP contribution is -2.12. The number of H-pyrrole nitrogens is 1.